The van der Waals surface area contributed by atoms with Gasteiger partial charge in [-0.25, -0.2) is 0 Å². The van der Waals surface area contributed by atoms with Gasteiger partial charge in [0.05, 0.1) is 17.1 Å². The first-order valence-electron chi connectivity index (χ1n) is 17.1. The van der Waals surface area contributed by atoms with E-state index in [0.717, 1.165) is 11.4 Å². The van der Waals surface area contributed by atoms with Gasteiger partial charge in [0.25, 0.3) is 0 Å². The lowest BCUT2D eigenvalue weighted by Crippen LogP contribution is -2.13. The molecule has 0 bridgehead atoms. The molecule has 0 amide bonds. The van der Waals surface area contributed by atoms with Gasteiger partial charge in [-0.05, 0) is 79.8 Å². The minimum absolute atomic E-state index is 1.14. The first-order chi connectivity index (χ1) is 24.8. The lowest BCUT2D eigenvalue weighted by atomic mass is 9.91. The molecule has 0 radical (unpaired) electrons. The van der Waals surface area contributed by atoms with Crippen LogP contribution in [-0.4, -0.2) is 0 Å². The smallest absolute Gasteiger partial charge is 0.0555 e. The van der Waals surface area contributed by atoms with Crippen molar-refractivity contribution >= 4 is 80.9 Å². The Morgan fingerprint density at radius 1 is 0.300 bits per heavy atom. The summed E-state index contributed by atoms with van der Waals surface area (Å²) >= 11 is 1.86. The highest BCUT2D eigenvalue weighted by molar-refractivity contribution is 7.26. The maximum atomic E-state index is 2.53. The Balaban J connectivity index is 1.33. The van der Waals surface area contributed by atoms with Gasteiger partial charge in [-0.2, -0.15) is 0 Å². The Labute approximate surface area is 294 Å². The quantitative estimate of drug-likeness (QED) is 0.167. The van der Waals surface area contributed by atoms with Gasteiger partial charge in [-0.3, -0.25) is 0 Å². The Bertz CT molecular complexity index is 2890. The Morgan fingerprint density at radius 2 is 0.800 bits per heavy atom. The van der Waals surface area contributed by atoms with E-state index in [0.29, 0.717) is 0 Å². The number of thiophene rings is 1. The van der Waals surface area contributed by atoms with E-state index in [1.807, 2.05) is 11.3 Å². The van der Waals surface area contributed by atoms with E-state index in [-0.39, 0.29) is 0 Å². The minimum atomic E-state index is 1.14. The Hall–Kier alpha value is -6.22. The molecule has 0 aliphatic carbocycles. The third kappa shape index (κ3) is 4.53. The zero-order valence-electron chi connectivity index (χ0n) is 27.3. The number of para-hydroxylation sites is 2. The number of benzene rings is 9. The molecule has 0 fully saturated rings. The summed E-state index contributed by atoms with van der Waals surface area (Å²) < 4.78 is 2.58. The number of anilines is 3. The van der Waals surface area contributed by atoms with Crippen LogP contribution in [0.15, 0.2) is 188 Å². The molecule has 0 N–H and O–H groups in total. The number of hydrogen-bond donors (Lipinski definition) is 0. The average Bonchev–Trinajstić information content (AvgIpc) is 3.57. The van der Waals surface area contributed by atoms with E-state index in [2.05, 4.69) is 193 Å². The third-order valence-electron chi connectivity index (χ3n) is 10.0. The van der Waals surface area contributed by atoms with Crippen molar-refractivity contribution in [3.05, 3.63) is 188 Å². The van der Waals surface area contributed by atoms with Crippen LogP contribution < -0.4 is 4.90 Å². The minimum Gasteiger partial charge on any atom is -0.309 e. The van der Waals surface area contributed by atoms with Crippen molar-refractivity contribution in [3.8, 4) is 22.3 Å². The van der Waals surface area contributed by atoms with E-state index < -0.39 is 0 Å². The molecule has 0 unspecified atom stereocenters. The van der Waals surface area contributed by atoms with Crippen molar-refractivity contribution in [1.29, 1.82) is 0 Å². The average molecular weight is 654 g/mol. The van der Waals surface area contributed by atoms with Crippen molar-refractivity contribution in [2.45, 2.75) is 0 Å². The number of rotatable bonds is 5. The highest BCUT2D eigenvalue weighted by atomic mass is 32.1. The zero-order chi connectivity index (χ0) is 33.0. The summed E-state index contributed by atoms with van der Waals surface area (Å²) in [5.74, 6) is 0. The van der Waals surface area contributed by atoms with Gasteiger partial charge >= 0.3 is 0 Å². The van der Waals surface area contributed by atoms with Crippen LogP contribution in [0.3, 0.4) is 0 Å². The fourth-order valence-electron chi connectivity index (χ4n) is 7.86. The molecule has 50 heavy (non-hydrogen) atoms. The van der Waals surface area contributed by atoms with E-state index in [1.165, 1.54) is 80.4 Å². The van der Waals surface area contributed by atoms with Gasteiger partial charge in [0.1, 0.15) is 0 Å². The van der Waals surface area contributed by atoms with Crippen LogP contribution in [0.25, 0.3) is 74.7 Å². The number of fused-ring (bicyclic) bond motifs is 7. The number of nitrogens with zero attached hydrogens (tertiary/aromatic N) is 1. The van der Waals surface area contributed by atoms with Crippen LogP contribution in [0.4, 0.5) is 17.1 Å². The van der Waals surface area contributed by atoms with Crippen LogP contribution in [0, 0.1) is 0 Å². The van der Waals surface area contributed by atoms with Crippen molar-refractivity contribution in [2.75, 3.05) is 4.90 Å². The molecule has 0 spiro atoms. The SMILES string of the molecule is c1ccc(N(c2ccccc2-c2cc3ccccc3c3ccccc23)c2cccc3sc4ccccc4c23)c(-c2cccc3ccccc23)c1. The predicted molar refractivity (Wildman–Crippen MR) is 217 cm³/mol. The summed E-state index contributed by atoms with van der Waals surface area (Å²) in [6.45, 7) is 0. The van der Waals surface area contributed by atoms with Gasteiger partial charge in [0.2, 0.25) is 0 Å². The fourth-order valence-corrected chi connectivity index (χ4v) is 8.99. The largest absolute Gasteiger partial charge is 0.309 e. The molecule has 2 heteroatoms. The molecule has 9 aromatic carbocycles. The van der Waals surface area contributed by atoms with Gasteiger partial charge in [-0.15, -0.1) is 11.3 Å². The van der Waals surface area contributed by atoms with Crippen molar-refractivity contribution in [1.82, 2.24) is 0 Å². The zero-order valence-corrected chi connectivity index (χ0v) is 28.1. The summed E-state index contributed by atoms with van der Waals surface area (Å²) in [4.78, 5) is 2.53. The topological polar surface area (TPSA) is 3.24 Å². The van der Waals surface area contributed by atoms with Crippen LogP contribution in [-0.2, 0) is 0 Å². The second-order valence-electron chi connectivity index (χ2n) is 12.8. The Morgan fingerprint density at radius 3 is 1.60 bits per heavy atom. The van der Waals surface area contributed by atoms with Crippen LogP contribution >= 0.6 is 11.3 Å². The molecule has 1 heterocycles. The molecular formula is C48H31NS. The normalized spacial score (nSPS) is 11.6. The number of hydrogen-bond acceptors (Lipinski definition) is 2. The first kappa shape index (κ1) is 28.8. The molecule has 10 aromatic rings. The predicted octanol–water partition coefficient (Wildman–Crippen LogP) is 14.3. The van der Waals surface area contributed by atoms with Crippen LogP contribution in [0.2, 0.25) is 0 Å². The molecule has 1 aromatic heterocycles. The lowest BCUT2D eigenvalue weighted by molar-refractivity contribution is 1.30. The maximum Gasteiger partial charge on any atom is 0.0555 e. The summed E-state index contributed by atoms with van der Waals surface area (Å²) in [7, 11) is 0. The summed E-state index contributed by atoms with van der Waals surface area (Å²) in [6.07, 6.45) is 0. The highest BCUT2D eigenvalue weighted by Crippen LogP contribution is 2.50. The van der Waals surface area contributed by atoms with E-state index >= 15 is 0 Å². The summed E-state index contributed by atoms with van der Waals surface area (Å²) in [6, 6.07) is 68.8. The van der Waals surface area contributed by atoms with Crippen LogP contribution in [0.5, 0.6) is 0 Å². The van der Waals surface area contributed by atoms with Gasteiger partial charge in [0, 0.05) is 31.3 Å². The molecule has 0 saturated carbocycles. The fraction of sp³-hybridized carbons (Fsp3) is 0. The van der Waals surface area contributed by atoms with Gasteiger partial charge in [0.15, 0.2) is 0 Å². The Kier molecular flexibility index (Phi) is 6.75. The van der Waals surface area contributed by atoms with E-state index in [9.17, 15) is 0 Å². The van der Waals surface area contributed by atoms with Crippen LogP contribution in [0.1, 0.15) is 0 Å². The van der Waals surface area contributed by atoms with Gasteiger partial charge < -0.3 is 4.90 Å². The molecule has 0 aliphatic heterocycles. The molecule has 0 atom stereocenters. The van der Waals surface area contributed by atoms with Crippen molar-refractivity contribution < 1.29 is 0 Å². The molecular weight excluding hydrogens is 623 g/mol. The molecule has 234 valence electrons. The van der Waals surface area contributed by atoms with Crippen molar-refractivity contribution in [2.24, 2.45) is 0 Å². The lowest BCUT2D eigenvalue weighted by Gasteiger charge is -2.31. The van der Waals surface area contributed by atoms with Crippen molar-refractivity contribution in [3.63, 3.8) is 0 Å². The van der Waals surface area contributed by atoms with E-state index in [4.69, 9.17) is 0 Å². The second-order valence-corrected chi connectivity index (χ2v) is 13.9. The third-order valence-corrected chi connectivity index (χ3v) is 11.2. The highest BCUT2D eigenvalue weighted by Gasteiger charge is 2.24. The molecule has 0 aliphatic rings. The maximum absolute atomic E-state index is 2.53. The standard InChI is InChI=1S/C48H31NS/c1-3-18-34-32(15-1)17-13-25-37(34)39-22-7-10-26-43(39)49(45-28-14-30-47-48(45)41-24-9-12-29-46(41)50-47)44-27-11-8-23-40(44)42-31-33-16-2-4-19-35(33)36-20-5-6-21-38(36)42/h1-31H. The van der Waals surface area contributed by atoms with E-state index in [1.54, 1.807) is 0 Å². The monoisotopic (exact) mass is 653 g/mol. The second kappa shape index (κ2) is 11.7. The molecule has 10 rings (SSSR count). The summed E-state index contributed by atoms with van der Waals surface area (Å²) in [5.41, 5.74) is 8.29. The molecule has 0 saturated heterocycles. The summed E-state index contributed by atoms with van der Waals surface area (Å²) in [5, 5.41) is 10.1. The molecule has 1 nitrogen and oxygen atoms in total. The van der Waals surface area contributed by atoms with Gasteiger partial charge in [-0.1, -0.05) is 152 Å². The first-order valence-corrected chi connectivity index (χ1v) is 17.9.